The number of amides is 1. The summed E-state index contributed by atoms with van der Waals surface area (Å²) in [5.74, 6) is -0.391. The molecule has 1 amide bonds. The summed E-state index contributed by atoms with van der Waals surface area (Å²) in [5, 5.41) is 7.74. The van der Waals surface area contributed by atoms with Crippen LogP contribution in [0.2, 0.25) is 0 Å². The maximum atomic E-state index is 14.0. The van der Waals surface area contributed by atoms with Crippen molar-refractivity contribution >= 4 is 21.6 Å². The first-order valence-electron chi connectivity index (χ1n) is 10.9. The van der Waals surface area contributed by atoms with Gasteiger partial charge in [-0.25, -0.2) is 17.9 Å². The number of rotatable bonds is 7. The van der Waals surface area contributed by atoms with Crippen LogP contribution < -0.4 is 20.1 Å². The average Bonchev–Trinajstić information content (AvgIpc) is 2.82. The fourth-order valence-electron chi connectivity index (χ4n) is 4.19. The lowest BCUT2D eigenvalue weighted by Gasteiger charge is -2.32. The minimum Gasteiger partial charge on any atom is -0.496 e. The number of methoxy groups -OCH3 is 1. The lowest BCUT2D eigenvalue weighted by atomic mass is 9.98. The molecular formula is C25H26FN3O4S. The Morgan fingerprint density at radius 1 is 1.15 bits per heavy atom. The van der Waals surface area contributed by atoms with E-state index in [0.717, 1.165) is 54.1 Å². The van der Waals surface area contributed by atoms with Crippen LogP contribution in [0.5, 0.6) is 5.75 Å². The molecule has 34 heavy (non-hydrogen) atoms. The van der Waals surface area contributed by atoms with E-state index in [1.165, 1.54) is 6.07 Å². The summed E-state index contributed by atoms with van der Waals surface area (Å²) in [6.45, 7) is 1.68. The Morgan fingerprint density at radius 3 is 2.68 bits per heavy atom. The molecule has 9 heteroatoms. The van der Waals surface area contributed by atoms with Gasteiger partial charge in [-0.2, -0.15) is 0 Å². The molecule has 178 valence electrons. The highest BCUT2D eigenvalue weighted by atomic mass is 32.2. The number of carbonyl (C=O) groups is 1. The summed E-state index contributed by atoms with van der Waals surface area (Å²) >= 11 is 0. The maximum absolute atomic E-state index is 14.0. The molecule has 1 heterocycles. The molecule has 0 unspecified atom stereocenters. The molecule has 1 aliphatic rings. The number of nitrogens with zero attached hydrogens (tertiary/aromatic N) is 1. The van der Waals surface area contributed by atoms with Crippen LogP contribution in [0.3, 0.4) is 0 Å². The van der Waals surface area contributed by atoms with E-state index in [-0.39, 0.29) is 12.5 Å². The number of benzene rings is 3. The van der Waals surface area contributed by atoms with Crippen molar-refractivity contribution in [2.75, 3.05) is 18.6 Å². The number of anilines is 1. The van der Waals surface area contributed by atoms with Crippen LogP contribution in [0.1, 0.15) is 33.5 Å². The first-order chi connectivity index (χ1) is 16.3. The number of nitrogens with two attached hydrogens (primary N) is 1. The Morgan fingerprint density at radius 2 is 1.94 bits per heavy atom. The van der Waals surface area contributed by atoms with E-state index in [4.69, 9.17) is 9.88 Å². The normalized spacial score (nSPS) is 13.3. The Balaban J connectivity index is 1.46. The monoisotopic (exact) mass is 483 g/mol. The van der Waals surface area contributed by atoms with E-state index in [2.05, 4.69) is 10.2 Å². The van der Waals surface area contributed by atoms with Crippen molar-refractivity contribution in [2.24, 2.45) is 5.14 Å². The van der Waals surface area contributed by atoms with Crippen LogP contribution in [-0.2, 0) is 29.5 Å². The molecule has 0 fully saturated rings. The van der Waals surface area contributed by atoms with Gasteiger partial charge >= 0.3 is 0 Å². The van der Waals surface area contributed by atoms with Gasteiger partial charge in [0.25, 0.3) is 5.91 Å². The Bertz CT molecular complexity index is 1330. The van der Waals surface area contributed by atoms with Crippen LogP contribution in [0.25, 0.3) is 0 Å². The molecular weight excluding hydrogens is 457 g/mol. The summed E-state index contributed by atoms with van der Waals surface area (Å²) < 4.78 is 42.2. The van der Waals surface area contributed by atoms with Crippen molar-refractivity contribution < 1.29 is 22.3 Å². The average molecular weight is 484 g/mol. The van der Waals surface area contributed by atoms with Crippen molar-refractivity contribution in [2.45, 2.75) is 30.8 Å². The van der Waals surface area contributed by atoms with Crippen LogP contribution >= 0.6 is 0 Å². The second-order valence-corrected chi connectivity index (χ2v) is 9.70. The van der Waals surface area contributed by atoms with Gasteiger partial charge < -0.3 is 15.0 Å². The number of halogens is 1. The van der Waals surface area contributed by atoms with Crippen LogP contribution in [0.4, 0.5) is 10.1 Å². The minimum absolute atomic E-state index is 0.0532. The van der Waals surface area contributed by atoms with Crippen LogP contribution in [0, 0.1) is 5.82 Å². The SMILES string of the molecule is COc1ccccc1CN1CCCc2cc(C(=O)NCc3ccc(S(N)(=O)=O)c(F)c3)ccc21. The number of hydrogen-bond acceptors (Lipinski definition) is 5. The van der Waals surface area contributed by atoms with Crippen molar-refractivity contribution in [3.63, 3.8) is 0 Å². The molecule has 3 N–H and O–H groups in total. The van der Waals surface area contributed by atoms with E-state index in [0.29, 0.717) is 17.7 Å². The van der Waals surface area contributed by atoms with Gasteiger partial charge in [0.05, 0.1) is 7.11 Å². The third-order valence-electron chi connectivity index (χ3n) is 5.87. The number of hydrogen-bond donors (Lipinski definition) is 2. The standard InChI is InChI=1S/C25H26FN3O4S/c1-33-23-7-3-2-5-20(23)16-29-12-4-6-18-14-19(9-10-22(18)29)25(30)28-15-17-8-11-24(21(26)13-17)34(27,31)32/h2-3,5,7-11,13-14H,4,6,12,15-16H2,1H3,(H,28,30)(H2,27,31,32). The van der Waals surface area contributed by atoms with E-state index in [9.17, 15) is 17.6 Å². The summed E-state index contributed by atoms with van der Waals surface area (Å²) in [6, 6.07) is 17.1. The van der Waals surface area contributed by atoms with Crippen molar-refractivity contribution in [3.05, 3.63) is 88.7 Å². The second kappa shape index (κ2) is 9.82. The van der Waals surface area contributed by atoms with Gasteiger partial charge in [-0.15, -0.1) is 0 Å². The van der Waals surface area contributed by atoms with Gasteiger partial charge in [0.15, 0.2) is 0 Å². The quantitative estimate of drug-likeness (QED) is 0.537. The molecule has 0 aromatic heterocycles. The van der Waals surface area contributed by atoms with E-state index in [1.807, 2.05) is 36.4 Å². The highest BCUT2D eigenvalue weighted by molar-refractivity contribution is 7.89. The number of aryl methyl sites for hydroxylation is 1. The zero-order chi connectivity index (χ0) is 24.3. The molecule has 4 rings (SSSR count). The summed E-state index contributed by atoms with van der Waals surface area (Å²) in [4.78, 5) is 14.4. The number of para-hydroxylation sites is 1. The van der Waals surface area contributed by atoms with Gasteiger partial charge in [-0.05, 0) is 60.4 Å². The van der Waals surface area contributed by atoms with Crippen LogP contribution in [0.15, 0.2) is 65.6 Å². The lowest BCUT2D eigenvalue weighted by Crippen LogP contribution is -2.29. The molecule has 0 saturated carbocycles. The number of nitrogens with one attached hydrogen (secondary N) is 1. The molecule has 3 aromatic carbocycles. The Hall–Kier alpha value is -3.43. The third kappa shape index (κ3) is 5.21. The zero-order valence-electron chi connectivity index (χ0n) is 18.8. The number of primary sulfonamides is 1. The molecule has 3 aromatic rings. The van der Waals surface area contributed by atoms with E-state index in [1.54, 1.807) is 13.2 Å². The fraction of sp³-hybridized carbons (Fsp3) is 0.240. The molecule has 7 nitrogen and oxygen atoms in total. The number of ether oxygens (including phenoxy) is 1. The second-order valence-electron chi connectivity index (χ2n) is 8.17. The van der Waals surface area contributed by atoms with Gasteiger partial charge in [0.2, 0.25) is 10.0 Å². The van der Waals surface area contributed by atoms with Gasteiger partial charge in [0.1, 0.15) is 16.5 Å². The Labute approximate surface area is 198 Å². The van der Waals surface area contributed by atoms with Crippen LogP contribution in [-0.4, -0.2) is 28.0 Å². The number of sulfonamides is 1. The number of fused-ring (bicyclic) bond motifs is 1. The summed E-state index contributed by atoms with van der Waals surface area (Å²) in [7, 11) is -2.47. The largest absolute Gasteiger partial charge is 0.496 e. The minimum atomic E-state index is -4.14. The highest BCUT2D eigenvalue weighted by Gasteiger charge is 2.20. The lowest BCUT2D eigenvalue weighted by molar-refractivity contribution is 0.0950. The molecule has 0 saturated heterocycles. The first-order valence-corrected chi connectivity index (χ1v) is 12.4. The van der Waals surface area contributed by atoms with E-state index >= 15 is 0 Å². The van der Waals surface area contributed by atoms with Crippen molar-refractivity contribution in [3.8, 4) is 5.75 Å². The fourth-order valence-corrected chi connectivity index (χ4v) is 4.78. The third-order valence-corrected chi connectivity index (χ3v) is 6.81. The van der Waals surface area contributed by atoms with Crippen molar-refractivity contribution in [1.82, 2.24) is 5.32 Å². The van der Waals surface area contributed by atoms with Gasteiger partial charge in [-0.3, -0.25) is 4.79 Å². The van der Waals surface area contributed by atoms with Gasteiger partial charge in [0, 0.05) is 36.4 Å². The Kier molecular flexibility index (Phi) is 6.85. The number of carbonyl (C=O) groups excluding carboxylic acids is 1. The predicted octanol–water partition coefficient (Wildman–Crippen LogP) is 3.36. The molecule has 0 radical (unpaired) electrons. The van der Waals surface area contributed by atoms with Gasteiger partial charge in [-0.1, -0.05) is 24.3 Å². The van der Waals surface area contributed by atoms with E-state index < -0.39 is 20.7 Å². The topological polar surface area (TPSA) is 102 Å². The smallest absolute Gasteiger partial charge is 0.251 e. The first kappa shape index (κ1) is 23.7. The van der Waals surface area contributed by atoms with Crippen molar-refractivity contribution in [1.29, 1.82) is 0 Å². The molecule has 0 atom stereocenters. The predicted molar refractivity (Wildman–Crippen MR) is 128 cm³/mol. The maximum Gasteiger partial charge on any atom is 0.251 e. The molecule has 0 bridgehead atoms. The molecule has 1 aliphatic heterocycles. The molecule has 0 spiro atoms. The highest BCUT2D eigenvalue weighted by Crippen LogP contribution is 2.31. The summed E-state index contributed by atoms with van der Waals surface area (Å²) in [5.41, 5.74) is 4.23. The summed E-state index contributed by atoms with van der Waals surface area (Å²) in [6.07, 6.45) is 1.85. The zero-order valence-corrected chi connectivity index (χ0v) is 19.6. The molecule has 0 aliphatic carbocycles.